The minimum absolute atomic E-state index is 0.00937. The zero-order valence-corrected chi connectivity index (χ0v) is 11.0. The van der Waals surface area contributed by atoms with Gasteiger partial charge in [-0.05, 0) is 45.8 Å². The number of rotatable bonds is 4. The van der Waals surface area contributed by atoms with Crippen molar-refractivity contribution in [3.05, 3.63) is 0 Å². The van der Waals surface area contributed by atoms with Crippen LogP contribution in [0.3, 0.4) is 0 Å². The molecule has 0 aliphatic carbocycles. The minimum Gasteiger partial charge on any atom is -0.347 e. The fraction of sp³-hybridized carbons (Fsp3) is 0.917. The number of carbonyl (C=O) groups is 1. The van der Waals surface area contributed by atoms with Gasteiger partial charge in [0.25, 0.3) is 0 Å². The molecule has 1 aliphatic heterocycles. The molecule has 4 nitrogen and oxygen atoms in total. The Morgan fingerprint density at radius 1 is 1.31 bits per heavy atom. The molecule has 0 saturated carbocycles. The van der Waals surface area contributed by atoms with E-state index in [1.165, 1.54) is 12.8 Å². The van der Waals surface area contributed by atoms with Crippen molar-refractivity contribution < 1.29 is 4.79 Å². The molecule has 0 aromatic rings. The van der Waals surface area contributed by atoms with Crippen LogP contribution in [-0.4, -0.2) is 62.5 Å². The summed E-state index contributed by atoms with van der Waals surface area (Å²) in [7, 11) is 5.68. The first-order valence-corrected chi connectivity index (χ1v) is 6.14. The van der Waals surface area contributed by atoms with Gasteiger partial charge < -0.3 is 10.2 Å². The number of nitrogens with one attached hydrogen (secondary N) is 1. The lowest BCUT2D eigenvalue weighted by atomic mass is 9.97. The molecule has 0 aromatic carbocycles. The molecule has 0 bridgehead atoms. The lowest BCUT2D eigenvalue weighted by Crippen LogP contribution is -2.45. The number of hydrogen-bond donors (Lipinski definition) is 1. The predicted molar refractivity (Wildman–Crippen MR) is 66.4 cm³/mol. The fourth-order valence-electron chi connectivity index (χ4n) is 2.19. The first kappa shape index (κ1) is 13.5. The summed E-state index contributed by atoms with van der Waals surface area (Å²) in [4.78, 5) is 15.6. The maximum absolute atomic E-state index is 11.8. The van der Waals surface area contributed by atoms with E-state index in [1.807, 2.05) is 28.1 Å². The average molecular weight is 227 g/mol. The van der Waals surface area contributed by atoms with E-state index < -0.39 is 0 Å². The van der Waals surface area contributed by atoms with Crippen LogP contribution in [0.1, 0.15) is 19.8 Å². The average Bonchev–Trinajstić information content (AvgIpc) is 2.28. The molecule has 1 unspecified atom stereocenters. The largest absolute Gasteiger partial charge is 0.347 e. The molecule has 1 atom stereocenters. The SMILES string of the molecule is CC(C(=O)N(C)C)N(C)CC1CCNCC1. The molecular formula is C12H25N3O. The van der Waals surface area contributed by atoms with Gasteiger partial charge in [0.05, 0.1) is 6.04 Å². The van der Waals surface area contributed by atoms with Gasteiger partial charge in [0.2, 0.25) is 5.91 Å². The number of nitrogens with zero attached hydrogens (tertiary/aromatic N) is 2. The molecule has 1 rings (SSSR count). The molecule has 1 aliphatic rings. The van der Waals surface area contributed by atoms with Gasteiger partial charge in [0, 0.05) is 20.6 Å². The highest BCUT2D eigenvalue weighted by Crippen LogP contribution is 2.14. The molecule has 1 heterocycles. The number of likely N-dealkylation sites (N-methyl/N-ethyl adjacent to an activating group) is 2. The van der Waals surface area contributed by atoms with Gasteiger partial charge in [0.1, 0.15) is 0 Å². The molecule has 1 fully saturated rings. The molecule has 94 valence electrons. The molecule has 1 N–H and O–H groups in total. The summed E-state index contributed by atoms with van der Waals surface area (Å²) in [5.74, 6) is 0.931. The van der Waals surface area contributed by atoms with E-state index in [0.717, 1.165) is 25.6 Å². The van der Waals surface area contributed by atoms with Crippen molar-refractivity contribution in [2.24, 2.45) is 5.92 Å². The number of piperidine rings is 1. The summed E-state index contributed by atoms with van der Waals surface area (Å²) in [6.07, 6.45) is 2.46. The van der Waals surface area contributed by atoms with Gasteiger partial charge in [-0.1, -0.05) is 0 Å². The standard InChI is InChI=1S/C12H25N3O/c1-10(12(16)14(2)3)15(4)9-11-5-7-13-8-6-11/h10-11,13H,5-9H2,1-4H3. The van der Waals surface area contributed by atoms with Crippen molar-refractivity contribution in [3.8, 4) is 0 Å². The molecule has 1 amide bonds. The summed E-state index contributed by atoms with van der Waals surface area (Å²) in [6.45, 7) is 5.26. The highest BCUT2D eigenvalue weighted by atomic mass is 16.2. The van der Waals surface area contributed by atoms with E-state index in [1.54, 1.807) is 4.90 Å². The first-order chi connectivity index (χ1) is 7.52. The van der Waals surface area contributed by atoms with E-state index >= 15 is 0 Å². The summed E-state index contributed by atoms with van der Waals surface area (Å²) in [5, 5.41) is 3.36. The summed E-state index contributed by atoms with van der Waals surface area (Å²) in [6, 6.07) is -0.00937. The van der Waals surface area contributed by atoms with Crippen LogP contribution in [0.4, 0.5) is 0 Å². The second kappa shape index (κ2) is 6.21. The van der Waals surface area contributed by atoms with Gasteiger partial charge in [-0.15, -0.1) is 0 Å². The van der Waals surface area contributed by atoms with Crippen LogP contribution in [0.15, 0.2) is 0 Å². The smallest absolute Gasteiger partial charge is 0.239 e. The molecule has 0 radical (unpaired) electrons. The Labute approximate surface area is 99.0 Å². The maximum Gasteiger partial charge on any atom is 0.239 e. The Bertz CT molecular complexity index is 224. The molecule has 16 heavy (non-hydrogen) atoms. The monoisotopic (exact) mass is 227 g/mol. The highest BCUT2D eigenvalue weighted by Gasteiger charge is 2.22. The van der Waals surface area contributed by atoms with E-state index in [9.17, 15) is 4.79 Å². The van der Waals surface area contributed by atoms with Crippen LogP contribution < -0.4 is 5.32 Å². The van der Waals surface area contributed by atoms with Gasteiger partial charge in [0.15, 0.2) is 0 Å². The predicted octanol–water partition coefficient (Wildman–Crippen LogP) is 0.395. The van der Waals surface area contributed by atoms with Crippen molar-refractivity contribution in [1.82, 2.24) is 15.1 Å². The third kappa shape index (κ3) is 3.76. The van der Waals surface area contributed by atoms with Crippen LogP contribution in [0.25, 0.3) is 0 Å². The Kier molecular flexibility index (Phi) is 5.22. The van der Waals surface area contributed by atoms with Crippen molar-refractivity contribution in [3.63, 3.8) is 0 Å². The van der Waals surface area contributed by atoms with Gasteiger partial charge >= 0.3 is 0 Å². The summed E-state index contributed by atoms with van der Waals surface area (Å²) < 4.78 is 0. The summed E-state index contributed by atoms with van der Waals surface area (Å²) >= 11 is 0. The second-order valence-electron chi connectivity index (χ2n) is 5.04. The van der Waals surface area contributed by atoms with E-state index in [4.69, 9.17) is 0 Å². The normalized spacial score (nSPS) is 19.8. The molecule has 0 aromatic heterocycles. The minimum atomic E-state index is -0.00937. The van der Waals surface area contributed by atoms with Crippen molar-refractivity contribution >= 4 is 5.91 Å². The maximum atomic E-state index is 11.8. The first-order valence-electron chi connectivity index (χ1n) is 6.14. The number of carbonyl (C=O) groups excluding carboxylic acids is 1. The van der Waals surface area contributed by atoms with Crippen LogP contribution in [0.5, 0.6) is 0 Å². The Morgan fingerprint density at radius 2 is 1.88 bits per heavy atom. The van der Waals surface area contributed by atoms with Gasteiger partial charge in [-0.3, -0.25) is 9.69 Å². The van der Waals surface area contributed by atoms with E-state index in [2.05, 4.69) is 10.2 Å². The Balaban J connectivity index is 2.38. The summed E-state index contributed by atoms with van der Waals surface area (Å²) in [5.41, 5.74) is 0. The molecule has 1 saturated heterocycles. The third-order valence-corrected chi connectivity index (χ3v) is 3.46. The van der Waals surface area contributed by atoms with Crippen LogP contribution >= 0.6 is 0 Å². The topological polar surface area (TPSA) is 35.6 Å². The lowest BCUT2D eigenvalue weighted by molar-refractivity contribution is -0.133. The van der Waals surface area contributed by atoms with Crippen LogP contribution in [-0.2, 0) is 4.79 Å². The quantitative estimate of drug-likeness (QED) is 0.755. The third-order valence-electron chi connectivity index (χ3n) is 3.46. The fourth-order valence-corrected chi connectivity index (χ4v) is 2.19. The van der Waals surface area contributed by atoms with Crippen molar-refractivity contribution in [2.45, 2.75) is 25.8 Å². The number of hydrogen-bond acceptors (Lipinski definition) is 3. The van der Waals surface area contributed by atoms with Gasteiger partial charge in [-0.25, -0.2) is 0 Å². The molecule has 0 spiro atoms. The van der Waals surface area contributed by atoms with Gasteiger partial charge in [-0.2, -0.15) is 0 Å². The number of amides is 1. The Morgan fingerprint density at radius 3 is 2.38 bits per heavy atom. The van der Waals surface area contributed by atoms with Crippen LogP contribution in [0, 0.1) is 5.92 Å². The molecular weight excluding hydrogens is 202 g/mol. The van der Waals surface area contributed by atoms with Crippen molar-refractivity contribution in [2.75, 3.05) is 40.8 Å². The lowest BCUT2D eigenvalue weighted by Gasteiger charge is -2.31. The highest BCUT2D eigenvalue weighted by molar-refractivity contribution is 5.80. The van der Waals surface area contributed by atoms with Crippen LogP contribution in [0.2, 0.25) is 0 Å². The Hall–Kier alpha value is -0.610. The second-order valence-corrected chi connectivity index (χ2v) is 5.04. The van der Waals surface area contributed by atoms with E-state index in [0.29, 0.717) is 0 Å². The zero-order valence-electron chi connectivity index (χ0n) is 11.0. The zero-order chi connectivity index (χ0) is 12.1. The molecule has 4 heteroatoms. The van der Waals surface area contributed by atoms with E-state index in [-0.39, 0.29) is 11.9 Å². The van der Waals surface area contributed by atoms with Crippen molar-refractivity contribution in [1.29, 1.82) is 0 Å².